The Morgan fingerprint density at radius 2 is 0.446 bits per heavy atom. The fourth-order valence-corrected chi connectivity index (χ4v) is 10.2. The second-order valence-electron chi connectivity index (χ2n) is 25.6. The van der Waals surface area contributed by atoms with Gasteiger partial charge in [0.05, 0.1) is 30.2 Å². The number of nitrogens with zero attached hydrogens (tertiary/aromatic N) is 5. The molecule has 5 unspecified atom stereocenters. The van der Waals surface area contributed by atoms with E-state index in [-0.39, 0.29) is 42.5 Å². The number of aliphatic hydroxyl groups excluding tert-OH is 5. The van der Waals surface area contributed by atoms with Crippen LogP contribution in [0.1, 0.15) is 189 Å². The first-order chi connectivity index (χ1) is 46.7. The lowest BCUT2D eigenvalue weighted by Crippen LogP contribution is -2.29. The number of allylic oxidation sites excluding steroid dienone is 5. The van der Waals surface area contributed by atoms with Gasteiger partial charge in [0.1, 0.15) is 0 Å². The van der Waals surface area contributed by atoms with E-state index in [0.29, 0.717) is 0 Å². The number of Topliss-reactive ketones (excluding diaryl/α,β-unsaturated/α-hetero) is 5. The van der Waals surface area contributed by atoms with Crippen molar-refractivity contribution < 1.29 is 73.5 Å². The van der Waals surface area contributed by atoms with Crippen LogP contribution in [0.3, 0.4) is 0 Å². The highest BCUT2D eigenvalue weighted by Crippen LogP contribution is 2.29. The molecule has 5 aromatic carbocycles. The number of carbonyl (C=O) groups is 10. The van der Waals surface area contributed by atoms with Gasteiger partial charge >= 0.3 is 0 Å². The molecule has 0 aliphatic heterocycles. The molecule has 0 saturated carbocycles. The van der Waals surface area contributed by atoms with Gasteiger partial charge < -0.3 is 50.0 Å². The summed E-state index contributed by atoms with van der Waals surface area (Å²) in [5, 5.41) is 47.0. The summed E-state index contributed by atoms with van der Waals surface area (Å²) in [5.41, 5.74) is 16.6. The molecule has 0 fully saturated rings. The van der Waals surface area contributed by atoms with Crippen LogP contribution in [-0.2, 0) is 47.9 Å². The second-order valence-corrected chi connectivity index (χ2v) is 25.6. The Labute approximate surface area is 597 Å². The van der Waals surface area contributed by atoms with E-state index < -0.39 is 81.3 Å². The van der Waals surface area contributed by atoms with Gasteiger partial charge in [-0.1, -0.05) is 126 Å². The molecule has 5 aromatic rings. The molecule has 20 nitrogen and oxygen atoms in total. The zero-order valence-corrected chi connectivity index (χ0v) is 63.7. The largest absolute Gasteiger partial charge is 0.504 e. The Morgan fingerprint density at radius 1 is 0.297 bits per heavy atom. The van der Waals surface area contributed by atoms with Gasteiger partial charge in [-0.3, -0.25) is 47.9 Å². The maximum Gasteiger partial charge on any atom is 0.250 e. The molecule has 0 aliphatic carbocycles. The molecule has 0 spiro atoms. The number of likely N-dealkylation sites (N-methyl/N-ethyl adjacent to an activating group) is 5. The Morgan fingerprint density at radius 3 is 0.574 bits per heavy atom. The zero-order chi connectivity index (χ0) is 77.9. The highest BCUT2D eigenvalue weighted by Gasteiger charge is 2.24. The molecule has 0 aromatic heterocycles. The Balaban J connectivity index is 0.000000631. The first-order valence-electron chi connectivity index (χ1n) is 33.0. The molecule has 0 radical (unpaired) electrons. The first-order valence-corrected chi connectivity index (χ1v) is 33.0. The van der Waals surface area contributed by atoms with Crippen molar-refractivity contribution in [2.24, 2.45) is 0 Å². The van der Waals surface area contributed by atoms with E-state index in [2.05, 4.69) is 30.3 Å². The predicted octanol–water partition coefficient (Wildman–Crippen LogP) is 14.7. The lowest BCUT2D eigenvalue weighted by Gasteiger charge is -2.25. The summed E-state index contributed by atoms with van der Waals surface area (Å²) in [7, 11) is 8.26. The Hall–Kier alpha value is -10.5. The molecule has 101 heavy (non-hydrogen) atoms. The van der Waals surface area contributed by atoms with Gasteiger partial charge in [0.2, 0.25) is 0 Å². The zero-order valence-electron chi connectivity index (χ0n) is 63.7. The monoisotopic (exact) mass is 1390 g/mol. The minimum absolute atomic E-state index is 0.140. The molecule has 5 atom stereocenters. The van der Waals surface area contributed by atoms with Crippen LogP contribution in [0.25, 0.3) is 0 Å². The minimum Gasteiger partial charge on any atom is -0.504 e. The van der Waals surface area contributed by atoms with Crippen molar-refractivity contribution in [3.8, 4) is 0 Å². The normalized spacial score (nSPS) is 12.9. The van der Waals surface area contributed by atoms with E-state index in [9.17, 15) is 73.5 Å². The molecule has 0 heterocycles. The van der Waals surface area contributed by atoms with Gasteiger partial charge in [-0.25, -0.2) is 0 Å². The number of aliphatic hydroxyl groups is 5. The molecule has 0 saturated heterocycles. The summed E-state index contributed by atoms with van der Waals surface area (Å²) in [6.45, 7) is 36.2. The van der Waals surface area contributed by atoms with Crippen molar-refractivity contribution in [2.45, 2.75) is 175 Å². The van der Waals surface area contributed by atoms with Gasteiger partial charge in [-0.2, -0.15) is 0 Å². The molecule has 20 heteroatoms. The molecule has 0 aliphatic rings. The number of rotatable bonds is 21. The van der Waals surface area contributed by atoms with Gasteiger partial charge in [-0.15, -0.1) is 0 Å². The third-order valence-corrected chi connectivity index (χ3v) is 17.4. The van der Waals surface area contributed by atoms with Crippen molar-refractivity contribution in [1.29, 1.82) is 0 Å². The smallest absolute Gasteiger partial charge is 0.250 e. The van der Waals surface area contributed by atoms with Crippen LogP contribution in [0, 0.1) is 69.2 Å². The van der Waals surface area contributed by atoms with Crippen molar-refractivity contribution >= 4 is 58.5 Å². The maximum absolute atomic E-state index is 12.1. The quantitative estimate of drug-likeness (QED) is 0.0337. The number of hydrogen-bond acceptors (Lipinski definition) is 15. The Bertz CT molecular complexity index is 3600. The minimum atomic E-state index is -0.522. The summed E-state index contributed by atoms with van der Waals surface area (Å²) in [5.74, 6) is -7.06. The van der Waals surface area contributed by atoms with Crippen molar-refractivity contribution in [1.82, 2.24) is 24.5 Å². The second kappa shape index (κ2) is 41.2. The van der Waals surface area contributed by atoms with Crippen molar-refractivity contribution in [2.75, 3.05) is 35.2 Å². The van der Waals surface area contributed by atoms with Crippen LogP contribution in [0.4, 0.5) is 0 Å². The standard InChI is InChI=1S/C17H23NO3.4C16H21NO3/c1-6-15(19)16(20)10-17(21)18(5)13(4)14-8-7-11(2)9-12(14)3;4*1-10-6-7-14(11(2)8-10)12(3)17(5)16(20)9-15(19)13(4)18/h7-10,13,20H,6H2,1-5H3;4*6-9,12,19H,1-5H3/b16-10-;4*15-9-. The summed E-state index contributed by atoms with van der Waals surface area (Å²) < 4.78 is 0. The van der Waals surface area contributed by atoms with E-state index in [0.717, 1.165) is 86.0 Å². The highest BCUT2D eigenvalue weighted by molar-refractivity contribution is 6.02. The maximum atomic E-state index is 12.1. The summed E-state index contributed by atoms with van der Waals surface area (Å²) >= 11 is 0. The van der Waals surface area contributed by atoms with Crippen LogP contribution in [0.5, 0.6) is 0 Å². The average Bonchev–Trinajstić information content (AvgIpc) is 0.864. The van der Waals surface area contributed by atoms with Gasteiger partial charge in [-0.05, 0) is 159 Å². The van der Waals surface area contributed by atoms with Gasteiger partial charge in [0.15, 0.2) is 57.7 Å². The molecule has 5 amide bonds. The summed E-state index contributed by atoms with van der Waals surface area (Å²) in [4.78, 5) is 123. The Kier molecular flexibility index (Phi) is 36.1. The van der Waals surface area contributed by atoms with Crippen molar-refractivity contribution in [3.63, 3.8) is 0 Å². The predicted molar refractivity (Wildman–Crippen MR) is 397 cm³/mol. The number of ketones is 5. The van der Waals surface area contributed by atoms with Gasteiger partial charge in [0.25, 0.3) is 29.5 Å². The fraction of sp³-hybridized carbons (Fsp3) is 0.383. The van der Waals surface area contributed by atoms with E-state index in [4.69, 9.17) is 0 Å². The number of hydrogen-bond donors (Lipinski definition) is 5. The third kappa shape index (κ3) is 28.0. The van der Waals surface area contributed by atoms with Crippen molar-refractivity contribution in [3.05, 3.63) is 234 Å². The molecule has 5 N–H and O–H groups in total. The van der Waals surface area contributed by atoms with Crippen LogP contribution >= 0.6 is 0 Å². The van der Waals surface area contributed by atoms with E-state index in [1.807, 2.05) is 165 Å². The highest BCUT2D eigenvalue weighted by atomic mass is 16.3. The fourth-order valence-electron chi connectivity index (χ4n) is 10.2. The third-order valence-electron chi connectivity index (χ3n) is 17.4. The summed E-state index contributed by atoms with van der Waals surface area (Å²) in [6.07, 6.45) is 5.01. The SMILES string of the molecule is CC(=O)/C(O)=C/C(=O)N(C)C(C)c1ccc(C)cc1C.CC(=O)/C(O)=C/C(=O)N(C)C(C)c1ccc(C)cc1C.CC(=O)/C(O)=C/C(=O)N(C)C(C)c1ccc(C)cc1C.CC(=O)/C(O)=C/C(=O)N(C)C(C)c1ccc(C)cc1C.CCC(=O)/C(O)=C/C(=O)N(C)C(C)c1ccc(C)cc1C. The average molecular weight is 1390 g/mol. The van der Waals surface area contributed by atoms with Crippen LogP contribution in [0.15, 0.2) is 150 Å². The first kappa shape index (κ1) is 88.5. The molecule has 0 bridgehead atoms. The number of aryl methyl sites for hydroxylation is 10. The van der Waals surface area contributed by atoms with E-state index in [1.54, 1.807) is 42.2 Å². The van der Waals surface area contributed by atoms with E-state index in [1.165, 1.54) is 80.0 Å². The number of carbonyl (C=O) groups excluding carboxylic acids is 10. The molecular weight excluding hydrogens is 1280 g/mol. The molecular formula is C81H107N5O15. The summed E-state index contributed by atoms with van der Waals surface area (Å²) in [6, 6.07) is 29.6. The van der Waals surface area contributed by atoms with Gasteiger partial charge in [0, 0.05) is 99.7 Å². The van der Waals surface area contributed by atoms with Crippen LogP contribution in [-0.4, -0.2) is 144 Å². The number of benzene rings is 5. The van der Waals surface area contributed by atoms with E-state index >= 15 is 0 Å². The molecule has 5 rings (SSSR count). The lowest BCUT2D eigenvalue weighted by atomic mass is 9.99. The molecule has 546 valence electrons. The number of amides is 5. The lowest BCUT2D eigenvalue weighted by molar-refractivity contribution is -0.128. The van der Waals surface area contributed by atoms with Crippen LogP contribution < -0.4 is 0 Å². The topological polar surface area (TPSA) is 288 Å². The van der Waals surface area contributed by atoms with Crippen LogP contribution in [0.2, 0.25) is 0 Å².